The molecule has 0 radical (unpaired) electrons. The summed E-state index contributed by atoms with van der Waals surface area (Å²) in [7, 11) is 4.30. The minimum Gasteiger partial charge on any atom is -0.355 e. The lowest BCUT2D eigenvalue weighted by Crippen LogP contribution is -2.45. The van der Waals surface area contributed by atoms with Gasteiger partial charge in [-0.05, 0) is 33.4 Å². The van der Waals surface area contributed by atoms with Crippen molar-refractivity contribution in [1.82, 2.24) is 14.9 Å². The molecule has 1 aromatic heterocycles. The molecule has 4 nitrogen and oxygen atoms in total. The van der Waals surface area contributed by atoms with Gasteiger partial charge in [-0.25, -0.2) is 9.97 Å². The van der Waals surface area contributed by atoms with Gasteiger partial charge in [-0.3, -0.25) is 0 Å². The summed E-state index contributed by atoms with van der Waals surface area (Å²) in [5, 5.41) is 0.581. The third-order valence-electron chi connectivity index (χ3n) is 3.90. The van der Waals surface area contributed by atoms with Crippen molar-refractivity contribution in [1.29, 1.82) is 0 Å². The van der Waals surface area contributed by atoms with Gasteiger partial charge in [-0.2, -0.15) is 0 Å². The van der Waals surface area contributed by atoms with E-state index in [0.29, 0.717) is 11.2 Å². The second-order valence-corrected chi connectivity index (χ2v) is 5.76. The highest BCUT2D eigenvalue weighted by atomic mass is 35.5. The van der Waals surface area contributed by atoms with Crippen LogP contribution < -0.4 is 4.90 Å². The summed E-state index contributed by atoms with van der Waals surface area (Å²) in [5.41, 5.74) is 0.981. The molecule has 2 heterocycles. The van der Waals surface area contributed by atoms with Gasteiger partial charge in [0.15, 0.2) is 0 Å². The number of rotatable bonds is 3. The van der Waals surface area contributed by atoms with E-state index in [4.69, 9.17) is 11.6 Å². The minimum atomic E-state index is 0.508. The molecular formula is C14H23ClN4. The topological polar surface area (TPSA) is 32.3 Å². The second kappa shape index (κ2) is 6.06. The number of halogens is 1. The van der Waals surface area contributed by atoms with Crippen molar-refractivity contribution >= 4 is 17.4 Å². The van der Waals surface area contributed by atoms with E-state index in [1.807, 2.05) is 6.92 Å². The maximum atomic E-state index is 6.22. The van der Waals surface area contributed by atoms with Crippen LogP contribution in [-0.4, -0.2) is 48.1 Å². The molecule has 0 bridgehead atoms. The Hall–Kier alpha value is -0.870. The zero-order chi connectivity index (χ0) is 14.0. The van der Waals surface area contributed by atoms with E-state index in [1.165, 1.54) is 19.4 Å². The molecule has 1 aromatic rings. The first-order valence-electron chi connectivity index (χ1n) is 6.97. The van der Waals surface area contributed by atoms with Gasteiger partial charge in [0, 0.05) is 31.6 Å². The Morgan fingerprint density at radius 1 is 1.42 bits per heavy atom. The summed E-state index contributed by atoms with van der Waals surface area (Å²) < 4.78 is 0. The van der Waals surface area contributed by atoms with Gasteiger partial charge in [-0.15, -0.1) is 0 Å². The minimum absolute atomic E-state index is 0.508. The largest absolute Gasteiger partial charge is 0.355 e. The fourth-order valence-electron chi connectivity index (χ4n) is 2.65. The Morgan fingerprint density at radius 2 is 2.16 bits per heavy atom. The second-order valence-electron chi connectivity index (χ2n) is 5.40. The molecule has 106 valence electrons. The summed E-state index contributed by atoms with van der Waals surface area (Å²) in [5.74, 6) is 1.80. The fourth-order valence-corrected chi connectivity index (χ4v) is 2.83. The summed E-state index contributed by atoms with van der Waals surface area (Å²) >= 11 is 6.22. The lowest BCUT2D eigenvalue weighted by Gasteiger charge is -2.37. The third-order valence-corrected chi connectivity index (χ3v) is 4.27. The van der Waals surface area contributed by atoms with Gasteiger partial charge in [-0.1, -0.05) is 18.5 Å². The number of aryl methyl sites for hydroxylation is 1. The number of anilines is 1. The van der Waals surface area contributed by atoms with Crippen molar-refractivity contribution in [2.75, 3.05) is 32.1 Å². The Labute approximate surface area is 120 Å². The Balaban J connectivity index is 2.27. The van der Waals surface area contributed by atoms with Gasteiger partial charge in [0.05, 0.1) is 0 Å². The third kappa shape index (κ3) is 3.18. The van der Waals surface area contributed by atoms with Crippen LogP contribution in [-0.2, 0) is 6.42 Å². The van der Waals surface area contributed by atoms with Crippen LogP contribution in [0.5, 0.6) is 0 Å². The van der Waals surface area contributed by atoms with Crippen molar-refractivity contribution in [3.8, 4) is 0 Å². The number of hydrogen-bond acceptors (Lipinski definition) is 4. The Morgan fingerprint density at radius 3 is 2.79 bits per heavy atom. The quantitative estimate of drug-likeness (QED) is 0.798. The monoisotopic (exact) mass is 282 g/mol. The maximum absolute atomic E-state index is 6.22. The Kier molecular flexibility index (Phi) is 4.63. The van der Waals surface area contributed by atoms with Gasteiger partial charge >= 0.3 is 0 Å². The smallest absolute Gasteiger partial charge is 0.137 e. The van der Waals surface area contributed by atoms with Crippen molar-refractivity contribution in [2.45, 2.75) is 39.2 Å². The summed E-state index contributed by atoms with van der Waals surface area (Å²) in [6.07, 6.45) is 3.26. The van der Waals surface area contributed by atoms with Crippen LogP contribution in [0, 0.1) is 6.92 Å². The zero-order valence-corrected chi connectivity index (χ0v) is 13.0. The maximum Gasteiger partial charge on any atom is 0.137 e. The molecule has 1 fully saturated rings. The van der Waals surface area contributed by atoms with E-state index < -0.39 is 0 Å². The molecule has 0 saturated carbocycles. The first kappa shape index (κ1) is 14.5. The standard InChI is InChI=1S/C14H23ClN4/c1-5-12-16-13(15)10(2)14(17-12)19(4)11-7-6-8-18(3)9-11/h11H,5-9H2,1-4H3. The number of aromatic nitrogens is 2. The van der Waals surface area contributed by atoms with Crippen LogP contribution in [0.15, 0.2) is 0 Å². The van der Waals surface area contributed by atoms with E-state index in [-0.39, 0.29) is 0 Å². The molecule has 1 saturated heterocycles. The van der Waals surface area contributed by atoms with Gasteiger partial charge in [0.25, 0.3) is 0 Å². The number of piperidine rings is 1. The Bertz CT molecular complexity index is 449. The average molecular weight is 283 g/mol. The number of nitrogens with zero attached hydrogens (tertiary/aromatic N) is 4. The number of likely N-dealkylation sites (N-methyl/N-ethyl adjacent to an activating group) is 2. The normalized spacial score (nSPS) is 20.6. The van der Waals surface area contributed by atoms with Crippen molar-refractivity contribution < 1.29 is 0 Å². The van der Waals surface area contributed by atoms with Crippen LogP contribution in [0.4, 0.5) is 5.82 Å². The van der Waals surface area contributed by atoms with Gasteiger partial charge in [0.1, 0.15) is 16.8 Å². The van der Waals surface area contributed by atoms with E-state index in [9.17, 15) is 0 Å². The predicted octanol–water partition coefficient (Wildman–Crippen LogP) is 2.53. The van der Waals surface area contributed by atoms with Gasteiger partial charge in [0.2, 0.25) is 0 Å². The molecule has 1 aliphatic rings. The SMILES string of the molecule is CCc1nc(Cl)c(C)c(N(C)C2CCCN(C)C2)n1. The molecular weight excluding hydrogens is 260 g/mol. The fraction of sp³-hybridized carbons (Fsp3) is 0.714. The molecule has 5 heteroatoms. The summed E-state index contributed by atoms with van der Waals surface area (Å²) in [6, 6.07) is 0.508. The molecule has 0 aromatic carbocycles. The van der Waals surface area contributed by atoms with Crippen LogP contribution >= 0.6 is 11.6 Å². The van der Waals surface area contributed by atoms with Crippen LogP contribution in [0.1, 0.15) is 31.2 Å². The van der Waals surface area contributed by atoms with E-state index in [1.54, 1.807) is 0 Å². The molecule has 0 amide bonds. The number of likely N-dealkylation sites (tertiary alicyclic amines) is 1. The first-order valence-corrected chi connectivity index (χ1v) is 7.35. The molecule has 19 heavy (non-hydrogen) atoms. The van der Waals surface area contributed by atoms with E-state index >= 15 is 0 Å². The number of hydrogen-bond donors (Lipinski definition) is 0. The predicted molar refractivity (Wildman–Crippen MR) is 80.1 cm³/mol. The van der Waals surface area contributed by atoms with Crippen molar-refractivity contribution in [2.24, 2.45) is 0 Å². The summed E-state index contributed by atoms with van der Waals surface area (Å²) in [6.45, 7) is 6.33. The zero-order valence-electron chi connectivity index (χ0n) is 12.3. The van der Waals surface area contributed by atoms with E-state index in [2.05, 4.69) is 40.8 Å². The average Bonchev–Trinajstić information content (AvgIpc) is 2.41. The van der Waals surface area contributed by atoms with Crippen LogP contribution in [0.2, 0.25) is 5.15 Å². The molecule has 0 N–H and O–H groups in total. The molecule has 0 aliphatic carbocycles. The van der Waals surface area contributed by atoms with Gasteiger partial charge < -0.3 is 9.80 Å². The highest BCUT2D eigenvalue weighted by molar-refractivity contribution is 6.30. The molecule has 1 unspecified atom stereocenters. The molecule has 0 spiro atoms. The van der Waals surface area contributed by atoms with E-state index in [0.717, 1.165) is 30.2 Å². The van der Waals surface area contributed by atoms with Crippen LogP contribution in [0.3, 0.4) is 0 Å². The molecule has 2 rings (SSSR count). The highest BCUT2D eigenvalue weighted by Gasteiger charge is 2.24. The molecule has 1 aliphatic heterocycles. The van der Waals surface area contributed by atoms with Crippen molar-refractivity contribution in [3.63, 3.8) is 0 Å². The van der Waals surface area contributed by atoms with Crippen LogP contribution in [0.25, 0.3) is 0 Å². The first-order chi connectivity index (χ1) is 9.02. The lowest BCUT2D eigenvalue weighted by molar-refractivity contribution is 0.247. The summed E-state index contributed by atoms with van der Waals surface area (Å²) in [4.78, 5) is 13.6. The van der Waals surface area contributed by atoms with Crippen molar-refractivity contribution in [3.05, 3.63) is 16.5 Å². The molecule has 1 atom stereocenters. The highest BCUT2D eigenvalue weighted by Crippen LogP contribution is 2.26. The lowest BCUT2D eigenvalue weighted by atomic mass is 10.0.